The lowest BCUT2D eigenvalue weighted by Crippen LogP contribution is -2.33. The number of benzene rings is 1. The van der Waals surface area contributed by atoms with Crippen LogP contribution in [0.3, 0.4) is 0 Å². The molecule has 1 aromatic heterocycles. The number of ether oxygens (including phenoxy) is 2. The highest BCUT2D eigenvalue weighted by molar-refractivity contribution is 8.76. The molecular weight excluding hydrogens is 426 g/mol. The zero-order valence-electron chi connectivity index (χ0n) is 17.8. The van der Waals surface area contributed by atoms with Crippen LogP contribution >= 0.6 is 21.6 Å². The van der Waals surface area contributed by atoms with Gasteiger partial charge in [0.25, 0.3) is 0 Å². The Kier molecular flexibility index (Phi) is 8.25. The lowest BCUT2D eigenvalue weighted by Gasteiger charge is -2.22. The fourth-order valence-corrected chi connectivity index (χ4v) is 4.70. The second-order valence-electron chi connectivity index (χ2n) is 8.24. The third kappa shape index (κ3) is 7.95. The van der Waals surface area contributed by atoms with Crippen molar-refractivity contribution in [3.63, 3.8) is 0 Å². The van der Waals surface area contributed by atoms with Crippen molar-refractivity contribution in [1.29, 1.82) is 0 Å². The third-order valence-electron chi connectivity index (χ3n) is 3.71. The summed E-state index contributed by atoms with van der Waals surface area (Å²) in [6, 6.07) is 7.93. The maximum absolute atomic E-state index is 12.6. The molecule has 9 heteroatoms. The summed E-state index contributed by atoms with van der Waals surface area (Å²) in [4.78, 5) is 35.5. The molecule has 0 atom stereocenters. The first-order valence-electron chi connectivity index (χ1n) is 9.44. The smallest absolute Gasteiger partial charge is 0.407 e. The van der Waals surface area contributed by atoms with Crippen LogP contribution in [0.25, 0.3) is 11.0 Å². The Morgan fingerprint density at radius 1 is 1.07 bits per heavy atom. The van der Waals surface area contributed by atoms with Crippen molar-refractivity contribution in [2.75, 3.05) is 18.1 Å². The predicted molar refractivity (Wildman–Crippen MR) is 121 cm³/mol. The van der Waals surface area contributed by atoms with E-state index >= 15 is 0 Å². The Hall–Kier alpha value is -2.13. The topological polar surface area (TPSA) is 94.8 Å². The Bertz CT molecular complexity index is 948. The standard InChI is InChI=1S/C21H27NO6S2/c1-20(2,3)28-19(25)22-10-11-29-30-13-21(4,5)18(24)26-15-8-6-14-7-9-17(23)27-16(14)12-15/h6-9,12H,10-11,13H2,1-5H3,(H,22,25). The average molecular weight is 454 g/mol. The van der Waals surface area contributed by atoms with Crippen molar-refractivity contribution in [2.24, 2.45) is 5.41 Å². The number of amides is 1. The van der Waals surface area contributed by atoms with E-state index in [1.807, 2.05) is 34.6 Å². The Morgan fingerprint density at radius 2 is 1.77 bits per heavy atom. The number of fused-ring (bicyclic) bond motifs is 1. The van der Waals surface area contributed by atoms with Crippen LogP contribution in [0.2, 0.25) is 0 Å². The van der Waals surface area contributed by atoms with E-state index in [0.717, 1.165) is 5.39 Å². The molecule has 7 nitrogen and oxygen atoms in total. The fraction of sp³-hybridized carbons (Fsp3) is 0.476. The SMILES string of the molecule is CC(C)(C)OC(=O)NCCSSCC(C)(C)C(=O)Oc1ccc2ccc(=O)oc2c1. The van der Waals surface area contributed by atoms with Gasteiger partial charge in [-0.15, -0.1) is 0 Å². The zero-order valence-corrected chi connectivity index (χ0v) is 19.4. The summed E-state index contributed by atoms with van der Waals surface area (Å²) in [7, 11) is 3.09. The van der Waals surface area contributed by atoms with Gasteiger partial charge in [0.2, 0.25) is 0 Å². The minimum Gasteiger partial charge on any atom is -0.444 e. The second-order valence-corrected chi connectivity index (χ2v) is 10.8. The van der Waals surface area contributed by atoms with Crippen LogP contribution in [0, 0.1) is 5.41 Å². The van der Waals surface area contributed by atoms with Crippen LogP contribution in [0.4, 0.5) is 4.79 Å². The maximum atomic E-state index is 12.6. The van der Waals surface area contributed by atoms with Crippen molar-refractivity contribution < 1.29 is 23.5 Å². The van der Waals surface area contributed by atoms with Gasteiger partial charge in [0, 0.05) is 35.6 Å². The highest BCUT2D eigenvalue weighted by Gasteiger charge is 2.30. The Balaban J connectivity index is 1.76. The van der Waals surface area contributed by atoms with Gasteiger partial charge in [-0.2, -0.15) is 0 Å². The number of carbonyl (C=O) groups excluding carboxylic acids is 2. The van der Waals surface area contributed by atoms with Gasteiger partial charge in [0.05, 0.1) is 5.41 Å². The Labute approximate surface area is 183 Å². The Morgan fingerprint density at radius 3 is 2.47 bits per heavy atom. The van der Waals surface area contributed by atoms with Gasteiger partial charge in [-0.25, -0.2) is 9.59 Å². The summed E-state index contributed by atoms with van der Waals surface area (Å²) in [6.45, 7) is 9.52. The maximum Gasteiger partial charge on any atom is 0.407 e. The molecule has 0 bridgehead atoms. The summed E-state index contributed by atoms with van der Waals surface area (Å²) >= 11 is 0. The molecule has 1 amide bonds. The van der Waals surface area contributed by atoms with Crippen LogP contribution in [-0.4, -0.2) is 35.7 Å². The molecule has 164 valence electrons. The van der Waals surface area contributed by atoms with Crippen LogP contribution in [0.15, 0.2) is 39.5 Å². The molecule has 0 aliphatic rings. The van der Waals surface area contributed by atoms with Gasteiger partial charge in [-0.1, -0.05) is 21.6 Å². The van der Waals surface area contributed by atoms with Crippen molar-refractivity contribution in [3.8, 4) is 5.75 Å². The first-order valence-corrected chi connectivity index (χ1v) is 11.9. The first kappa shape index (κ1) is 24.1. The minimum absolute atomic E-state index is 0.328. The highest BCUT2D eigenvalue weighted by atomic mass is 33.1. The van der Waals surface area contributed by atoms with Crippen LogP contribution < -0.4 is 15.7 Å². The van der Waals surface area contributed by atoms with Gasteiger partial charge in [0.15, 0.2) is 0 Å². The fourth-order valence-electron chi connectivity index (χ4n) is 2.17. The average Bonchev–Trinajstić information content (AvgIpc) is 2.62. The molecule has 0 fully saturated rings. The number of alkyl carbamates (subject to hydrolysis) is 1. The van der Waals surface area contributed by atoms with Crippen LogP contribution in [0.1, 0.15) is 34.6 Å². The van der Waals surface area contributed by atoms with Gasteiger partial charge >= 0.3 is 17.7 Å². The molecule has 1 aromatic carbocycles. The number of carbonyl (C=O) groups is 2. The quantitative estimate of drug-likeness (QED) is 0.203. The van der Waals surface area contributed by atoms with E-state index in [-0.39, 0.29) is 5.97 Å². The van der Waals surface area contributed by atoms with E-state index in [4.69, 9.17) is 13.9 Å². The van der Waals surface area contributed by atoms with Gasteiger partial charge in [-0.3, -0.25) is 4.79 Å². The summed E-state index contributed by atoms with van der Waals surface area (Å²) in [5.41, 5.74) is -1.33. The molecule has 1 N–H and O–H groups in total. The van der Waals surface area contributed by atoms with Crippen molar-refractivity contribution in [2.45, 2.75) is 40.2 Å². The molecule has 0 aliphatic heterocycles. The molecule has 1 heterocycles. The molecule has 0 spiro atoms. The molecule has 0 radical (unpaired) electrons. The molecule has 0 unspecified atom stereocenters. The summed E-state index contributed by atoms with van der Waals surface area (Å²) in [5.74, 6) is 1.17. The predicted octanol–water partition coefficient (Wildman–Crippen LogP) is 4.63. The van der Waals surface area contributed by atoms with E-state index in [1.165, 1.54) is 22.9 Å². The minimum atomic E-state index is -0.720. The van der Waals surface area contributed by atoms with E-state index < -0.39 is 22.7 Å². The lowest BCUT2D eigenvalue weighted by atomic mass is 9.97. The highest BCUT2D eigenvalue weighted by Crippen LogP contribution is 2.31. The van der Waals surface area contributed by atoms with Crippen LogP contribution in [0.5, 0.6) is 5.75 Å². The molecule has 0 saturated carbocycles. The number of esters is 1. The largest absolute Gasteiger partial charge is 0.444 e. The van der Waals surface area contributed by atoms with Crippen LogP contribution in [-0.2, 0) is 9.53 Å². The number of hydrogen-bond donors (Lipinski definition) is 1. The lowest BCUT2D eigenvalue weighted by molar-refractivity contribution is -0.142. The first-order chi connectivity index (χ1) is 14.0. The second kappa shape index (κ2) is 10.3. The van der Waals surface area contributed by atoms with E-state index in [1.54, 1.807) is 29.0 Å². The van der Waals surface area contributed by atoms with Gasteiger partial charge in [0.1, 0.15) is 16.9 Å². The number of rotatable bonds is 8. The normalized spacial score (nSPS) is 11.9. The van der Waals surface area contributed by atoms with Gasteiger partial charge < -0.3 is 19.2 Å². The molecule has 0 aliphatic carbocycles. The zero-order chi connectivity index (χ0) is 22.4. The molecule has 30 heavy (non-hydrogen) atoms. The molecular formula is C21H27NO6S2. The summed E-state index contributed by atoms with van der Waals surface area (Å²) in [6.07, 6.45) is -0.441. The number of nitrogens with one attached hydrogen (secondary N) is 1. The third-order valence-corrected chi connectivity index (χ3v) is 6.44. The monoisotopic (exact) mass is 453 g/mol. The molecule has 2 aromatic rings. The van der Waals surface area contributed by atoms with E-state index in [0.29, 0.717) is 29.4 Å². The van der Waals surface area contributed by atoms with Crippen molar-refractivity contribution in [1.82, 2.24) is 5.32 Å². The van der Waals surface area contributed by atoms with Crippen molar-refractivity contribution >= 4 is 44.6 Å². The summed E-state index contributed by atoms with van der Waals surface area (Å²) in [5, 5.41) is 3.44. The molecule has 2 rings (SSSR count). The summed E-state index contributed by atoms with van der Waals surface area (Å²) < 4.78 is 15.8. The molecule has 0 saturated heterocycles. The van der Waals surface area contributed by atoms with Crippen molar-refractivity contribution in [3.05, 3.63) is 40.8 Å². The van der Waals surface area contributed by atoms with E-state index in [9.17, 15) is 14.4 Å². The van der Waals surface area contributed by atoms with E-state index in [2.05, 4.69) is 5.32 Å². The van der Waals surface area contributed by atoms with Gasteiger partial charge in [-0.05, 0) is 52.8 Å². The number of hydrogen-bond acceptors (Lipinski definition) is 8.